The first kappa shape index (κ1) is 11.0. The number of benzene rings is 1. The van der Waals surface area contributed by atoms with Gasteiger partial charge in [0.05, 0.1) is 5.75 Å². The Hall–Kier alpha value is -1.07. The zero-order valence-electron chi connectivity index (χ0n) is 7.93. The fraction of sp³-hybridized carbons (Fsp3) is 0.333. The van der Waals surface area contributed by atoms with E-state index >= 15 is 0 Å². The van der Waals surface area contributed by atoms with Crippen LogP contribution in [0.25, 0.3) is 0 Å². The normalized spacial score (nSPS) is 11.3. The number of sulfone groups is 1. The van der Waals surface area contributed by atoms with Gasteiger partial charge in [-0.2, -0.15) is 5.90 Å². The maximum Gasteiger partial charge on any atom is 0.182 e. The van der Waals surface area contributed by atoms with Gasteiger partial charge in [0, 0.05) is 0 Å². The molecule has 0 saturated carbocycles. The van der Waals surface area contributed by atoms with Crippen LogP contribution in [0.15, 0.2) is 29.2 Å². The highest BCUT2D eigenvalue weighted by atomic mass is 32.2. The summed E-state index contributed by atoms with van der Waals surface area (Å²) >= 11 is 0. The predicted molar refractivity (Wildman–Crippen MR) is 53.6 cm³/mol. The van der Waals surface area contributed by atoms with E-state index in [1.54, 1.807) is 12.1 Å². The van der Waals surface area contributed by atoms with Gasteiger partial charge in [-0.3, -0.25) is 0 Å². The fourth-order valence-electron chi connectivity index (χ4n) is 1.18. The van der Waals surface area contributed by atoms with Crippen molar-refractivity contribution in [3.05, 3.63) is 24.3 Å². The minimum atomic E-state index is -3.26. The lowest BCUT2D eigenvalue weighted by atomic mass is 10.3. The molecule has 0 unspecified atom stereocenters. The molecular weight excluding hydrogens is 202 g/mol. The summed E-state index contributed by atoms with van der Waals surface area (Å²) < 4.78 is 23.4. The van der Waals surface area contributed by atoms with E-state index in [0.717, 1.165) is 0 Å². The average molecular weight is 215 g/mol. The van der Waals surface area contributed by atoms with Crippen LogP contribution in [0.5, 0.6) is 5.75 Å². The molecule has 0 aromatic heterocycles. The van der Waals surface area contributed by atoms with E-state index in [-0.39, 0.29) is 16.4 Å². The SMILES string of the molecule is CCCS(=O)(=O)c1ccccc1ON. The molecule has 0 aliphatic heterocycles. The van der Waals surface area contributed by atoms with Crippen molar-refractivity contribution in [2.24, 2.45) is 5.90 Å². The quantitative estimate of drug-likeness (QED) is 0.764. The van der Waals surface area contributed by atoms with Crippen molar-refractivity contribution in [3.8, 4) is 5.75 Å². The predicted octanol–water partition coefficient (Wildman–Crippen LogP) is 1.12. The molecule has 0 spiro atoms. The van der Waals surface area contributed by atoms with E-state index in [2.05, 4.69) is 4.84 Å². The van der Waals surface area contributed by atoms with Gasteiger partial charge in [-0.05, 0) is 18.6 Å². The molecule has 1 rings (SSSR count). The third kappa shape index (κ3) is 2.24. The van der Waals surface area contributed by atoms with E-state index in [1.807, 2.05) is 6.92 Å². The van der Waals surface area contributed by atoms with Crippen molar-refractivity contribution in [1.29, 1.82) is 0 Å². The molecule has 0 aliphatic carbocycles. The van der Waals surface area contributed by atoms with Crippen LogP contribution in [0.2, 0.25) is 0 Å². The second-order valence-electron chi connectivity index (χ2n) is 2.88. The van der Waals surface area contributed by atoms with Crippen LogP contribution in [-0.4, -0.2) is 14.2 Å². The second-order valence-corrected chi connectivity index (χ2v) is 4.96. The molecule has 0 atom stereocenters. The zero-order chi connectivity index (χ0) is 10.6. The maximum atomic E-state index is 11.7. The van der Waals surface area contributed by atoms with Crippen molar-refractivity contribution in [3.63, 3.8) is 0 Å². The Labute approximate surface area is 83.6 Å². The van der Waals surface area contributed by atoms with E-state index in [0.29, 0.717) is 6.42 Å². The largest absolute Gasteiger partial charge is 0.410 e. The molecule has 1 aromatic rings. The molecule has 0 amide bonds. The van der Waals surface area contributed by atoms with Crippen LogP contribution >= 0.6 is 0 Å². The van der Waals surface area contributed by atoms with E-state index < -0.39 is 9.84 Å². The minimum absolute atomic E-state index is 0.105. The van der Waals surface area contributed by atoms with Gasteiger partial charge in [0.1, 0.15) is 4.90 Å². The lowest BCUT2D eigenvalue weighted by Crippen LogP contribution is -2.11. The second kappa shape index (κ2) is 4.43. The lowest BCUT2D eigenvalue weighted by molar-refractivity contribution is 0.325. The van der Waals surface area contributed by atoms with Gasteiger partial charge in [-0.25, -0.2) is 8.42 Å². The zero-order valence-corrected chi connectivity index (χ0v) is 8.75. The molecule has 2 N–H and O–H groups in total. The van der Waals surface area contributed by atoms with Crippen molar-refractivity contribution >= 4 is 9.84 Å². The van der Waals surface area contributed by atoms with E-state index in [9.17, 15) is 8.42 Å². The summed E-state index contributed by atoms with van der Waals surface area (Å²) in [6.07, 6.45) is 0.571. The molecule has 0 bridgehead atoms. The summed E-state index contributed by atoms with van der Waals surface area (Å²) in [6, 6.07) is 6.34. The van der Waals surface area contributed by atoms with Gasteiger partial charge in [0.25, 0.3) is 0 Å². The van der Waals surface area contributed by atoms with E-state index in [1.165, 1.54) is 12.1 Å². The van der Waals surface area contributed by atoms with Gasteiger partial charge in [0.15, 0.2) is 15.6 Å². The summed E-state index contributed by atoms with van der Waals surface area (Å²) in [5.41, 5.74) is 0. The van der Waals surface area contributed by atoms with E-state index in [4.69, 9.17) is 5.90 Å². The number of nitrogens with two attached hydrogens (primary N) is 1. The standard InChI is InChI=1S/C9H13NO3S/c1-2-7-14(11,12)9-6-4-3-5-8(9)13-10/h3-6H,2,7,10H2,1H3. The smallest absolute Gasteiger partial charge is 0.182 e. The van der Waals surface area contributed by atoms with Crippen LogP contribution in [0.4, 0.5) is 0 Å². The molecule has 5 heteroatoms. The molecule has 0 saturated heterocycles. The highest BCUT2D eigenvalue weighted by molar-refractivity contribution is 7.91. The highest BCUT2D eigenvalue weighted by Gasteiger charge is 2.17. The number of hydrogen-bond donors (Lipinski definition) is 1. The Kier molecular flexibility index (Phi) is 3.49. The van der Waals surface area contributed by atoms with Crippen LogP contribution in [0, 0.1) is 0 Å². The third-order valence-electron chi connectivity index (χ3n) is 1.78. The maximum absolute atomic E-state index is 11.7. The number of hydrogen-bond acceptors (Lipinski definition) is 4. The first-order valence-electron chi connectivity index (χ1n) is 4.30. The van der Waals surface area contributed by atoms with Crippen molar-refractivity contribution in [2.45, 2.75) is 18.2 Å². The first-order chi connectivity index (χ1) is 6.61. The Morgan fingerprint density at radius 2 is 2.00 bits per heavy atom. The fourth-order valence-corrected chi connectivity index (χ4v) is 2.65. The summed E-state index contributed by atoms with van der Waals surface area (Å²) in [5, 5.41) is 0. The lowest BCUT2D eigenvalue weighted by Gasteiger charge is -2.06. The Balaban J connectivity index is 3.18. The summed E-state index contributed by atoms with van der Waals surface area (Å²) in [6.45, 7) is 1.81. The number of rotatable bonds is 4. The summed E-state index contributed by atoms with van der Waals surface area (Å²) in [5.74, 6) is 5.28. The average Bonchev–Trinajstić information content (AvgIpc) is 2.18. The molecule has 78 valence electrons. The third-order valence-corrected chi connectivity index (χ3v) is 3.74. The molecular formula is C9H13NO3S. The van der Waals surface area contributed by atoms with Crippen LogP contribution in [0.1, 0.15) is 13.3 Å². The molecule has 14 heavy (non-hydrogen) atoms. The Morgan fingerprint density at radius 3 is 2.57 bits per heavy atom. The van der Waals surface area contributed by atoms with Crippen LogP contribution in [-0.2, 0) is 9.84 Å². The topological polar surface area (TPSA) is 69.4 Å². The van der Waals surface area contributed by atoms with Crippen LogP contribution in [0.3, 0.4) is 0 Å². The summed E-state index contributed by atoms with van der Waals surface area (Å²) in [7, 11) is -3.26. The Bertz CT molecular complexity index is 400. The van der Waals surface area contributed by atoms with Gasteiger partial charge in [0.2, 0.25) is 0 Å². The summed E-state index contributed by atoms with van der Waals surface area (Å²) in [4.78, 5) is 4.66. The van der Waals surface area contributed by atoms with Gasteiger partial charge >= 0.3 is 0 Å². The Morgan fingerprint density at radius 1 is 1.36 bits per heavy atom. The molecule has 0 fully saturated rings. The monoisotopic (exact) mass is 215 g/mol. The minimum Gasteiger partial charge on any atom is -0.410 e. The highest BCUT2D eigenvalue weighted by Crippen LogP contribution is 2.23. The molecule has 0 aliphatic rings. The van der Waals surface area contributed by atoms with Crippen molar-refractivity contribution in [1.82, 2.24) is 0 Å². The van der Waals surface area contributed by atoms with Gasteiger partial charge < -0.3 is 4.84 Å². The first-order valence-corrected chi connectivity index (χ1v) is 5.95. The van der Waals surface area contributed by atoms with Crippen LogP contribution < -0.4 is 10.7 Å². The molecule has 0 radical (unpaired) electrons. The van der Waals surface area contributed by atoms with Crippen molar-refractivity contribution < 1.29 is 13.3 Å². The number of para-hydroxylation sites is 1. The molecule has 1 aromatic carbocycles. The van der Waals surface area contributed by atoms with Gasteiger partial charge in [-0.15, -0.1) is 0 Å². The molecule has 4 nitrogen and oxygen atoms in total. The van der Waals surface area contributed by atoms with Gasteiger partial charge in [-0.1, -0.05) is 19.1 Å². The van der Waals surface area contributed by atoms with Crippen molar-refractivity contribution in [2.75, 3.05) is 5.75 Å². The molecule has 0 heterocycles.